The molecule has 0 aliphatic rings. The zero-order chi connectivity index (χ0) is 13.8. The van der Waals surface area contributed by atoms with Crippen LogP contribution in [0.5, 0.6) is 11.5 Å². The van der Waals surface area contributed by atoms with Crippen LogP contribution >= 0.6 is 0 Å². The third-order valence-corrected chi connectivity index (χ3v) is 2.93. The average Bonchev–Trinajstić information content (AvgIpc) is 2.46. The molecule has 2 N–H and O–H groups in total. The van der Waals surface area contributed by atoms with E-state index in [0.717, 1.165) is 34.0 Å². The Morgan fingerprint density at radius 1 is 1.05 bits per heavy atom. The summed E-state index contributed by atoms with van der Waals surface area (Å²) in [5.74, 6) is 1.55. The van der Waals surface area contributed by atoms with Crippen LogP contribution in [0.1, 0.15) is 11.3 Å². The molecule has 1 aromatic carbocycles. The van der Waals surface area contributed by atoms with Crippen molar-refractivity contribution in [1.82, 2.24) is 9.97 Å². The first-order chi connectivity index (χ1) is 9.19. The summed E-state index contributed by atoms with van der Waals surface area (Å²) in [4.78, 5) is 8.36. The minimum Gasteiger partial charge on any atom is -0.496 e. The molecule has 0 unspecified atom stereocenters. The molecule has 0 amide bonds. The molecule has 0 bridgehead atoms. The molecule has 0 aliphatic heterocycles. The van der Waals surface area contributed by atoms with Crippen molar-refractivity contribution in [2.45, 2.75) is 13.5 Å². The zero-order valence-electron chi connectivity index (χ0n) is 11.3. The number of aromatic nitrogens is 2. The van der Waals surface area contributed by atoms with Crippen molar-refractivity contribution >= 4 is 0 Å². The monoisotopic (exact) mass is 259 g/mol. The minimum absolute atomic E-state index is 0.376. The van der Waals surface area contributed by atoms with Crippen LogP contribution in [0.3, 0.4) is 0 Å². The van der Waals surface area contributed by atoms with Crippen molar-refractivity contribution in [3.63, 3.8) is 0 Å². The molecule has 5 nitrogen and oxygen atoms in total. The van der Waals surface area contributed by atoms with Gasteiger partial charge in [-0.15, -0.1) is 0 Å². The van der Waals surface area contributed by atoms with Gasteiger partial charge in [-0.2, -0.15) is 0 Å². The zero-order valence-corrected chi connectivity index (χ0v) is 11.3. The summed E-state index contributed by atoms with van der Waals surface area (Å²) in [6.07, 6.45) is 1.50. The van der Waals surface area contributed by atoms with Gasteiger partial charge in [0.15, 0.2) is 0 Å². The van der Waals surface area contributed by atoms with Crippen molar-refractivity contribution in [2.24, 2.45) is 5.73 Å². The lowest BCUT2D eigenvalue weighted by Crippen LogP contribution is -2.01. The molecule has 2 rings (SSSR count). The first kappa shape index (κ1) is 13.3. The Kier molecular flexibility index (Phi) is 3.97. The van der Waals surface area contributed by atoms with E-state index in [1.54, 1.807) is 14.2 Å². The van der Waals surface area contributed by atoms with E-state index in [4.69, 9.17) is 15.2 Å². The third kappa shape index (κ3) is 2.66. The van der Waals surface area contributed by atoms with Gasteiger partial charge >= 0.3 is 0 Å². The summed E-state index contributed by atoms with van der Waals surface area (Å²) in [6, 6.07) is 5.70. The summed E-state index contributed by atoms with van der Waals surface area (Å²) >= 11 is 0. The van der Waals surface area contributed by atoms with Crippen LogP contribution in [0, 0.1) is 6.92 Å². The van der Waals surface area contributed by atoms with E-state index in [1.165, 1.54) is 6.33 Å². The topological polar surface area (TPSA) is 70.3 Å². The second-order valence-electron chi connectivity index (χ2n) is 4.12. The van der Waals surface area contributed by atoms with E-state index in [1.807, 2.05) is 25.1 Å². The SMILES string of the molecule is COc1cc(-c2cc(CN)ncn2)c(OC)cc1C. The van der Waals surface area contributed by atoms with Gasteiger partial charge in [-0.1, -0.05) is 0 Å². The highest BCUT2D eigenvalue weighted by Crippen LogP contribution is 2.34. The van der Waals surface area contributed by atoms with Crippen LogP contribution in [0.25, 0.3) is 11.3 Å². The Bertz CT molecular complexity index is 585. The number of hydrogen-bond acceptors (Lipinski definition) is 5. The molecule has 100 valence electrons. The predicted octanol–water partition coefficient (Wildman–Crippen LogP) is 1.93. The molecule has 1 aromatic heterocycles. The summed E-state index contributed by atoms with van der Waals surface area (Å²) in [7, 11) is 3.28. The van der Waals surface area contributed by atoms with E-state index in [0.29, 0.717) is 6.54 Å². The molecule has 0 saturated heterocycles. The van der Waals surface area contributed by atoms with Crippen LogP contribution in [0.2, 0.25) is 0 Å². The second kappa shape index (κ2) is 5.67. The number of rotatable bonds is 4. The van der Waals surface area contributed by atoms with Crippen LogP contribution < -0.4 is 15.2 Å². The second-order valence-corrected chi connectivity index (χ2v) is 4.12. The third-order valence-electron chi connectivity index (χ3n) is 2.93. The largest absolute Gasteiger partial charge is 0.496 e. The quantitative estimate of drug-likeness (QED) is 0.908. The van der Waals surface area contributed by atoms with Crippen molar-refractivity contribution in [3.05, 3.63) is 35.8 Å². The molecule has 0 aliphatic carbocycles. The Morgan fingerprint density at radius 2 is 1.79 bits per heavy atom. The molecule has 0 saturated carbocycles. The van der Waals surface area contributed by atoms with Crippen LogP contribution in [0.4, 0.5) is 0 Å². The van der Waals surface area contributed by atoms with Gasteiger partial charge in [0.25, 0.3) is 0 Å². The smallest absolute Gasteiger partial charge is 0.128 e. The molecule has 0 atom stereocenters. The Balaban J connectivity index is 2.58. The highest BCUT2D eigenvalue weighted by atomic mass is 16.5. The summed E-state index contributed by atoms with van der Waals surface area (Å²) in [6.45, 7) is 2.34. The molecule has 0 spiro atoms. The summed E-state index contributed by atoms with van der Waals surface area (Å²) in [5, 5.41) is 0. The molecule has 0 fully saturated rings. The van der Waals surface area contributed by atoms with E-state index in [-0.39, 0.29) is 0 Å². The van der Waals surface area contributed by atoms with Crippen molar-refractivity contribution < 1.29 is 9.47 Å². The van der Waals surface area contributed by atoms with E-state index >= 15 is 0 Å². The standard InChI is InChI=1S/C14H17N3O2/c1-9-4-14(19-3)11(6-13(9)18-2)12-5-10(7-15)16-8-17-12/h4-6,8H,7,15H2,1-3H3. The first-order valence-corrected chi connectivity index (χ1v) is 5.93. The lowest BCUT2D eigenvalue weighted by Gasteiger charge is -2.12. The van der Waals surface area contributed by atoms with Gasteiger partial charge in [0.1, 0.15) is 17.8 Å². The van der Waals surface area contributed by atoms with Gasteiger partial charge in [0.05, 0.1) is 25.6 Å². The van der Waals surface area contributed by atoms with Gasteiger partial charge in [0.2, 0.25) is 0 Å². The maximum Gasteiger partial charge on any atom is 0.128 e. The highest BCUT2D eigenvalue weighted by Gasteiger charge is 2.12. The normalized spacial score (nSPS) is 10.3. The molecule has 0 radical (unpaired) electrons. The number of nitrogens with zero attached hydrogens (tertiary/aromatic N) is 2. The Labute approximate surface area is 112 Å². The fraction of sp³-hybridized carbons (Fsp3) is 0.286. The summed E-state index contributed by atoms with van der Waals surface area (Å²) < 4.78 is 10.7. The van der Waals surface area contributed by atoms with Crippen molar-refractivity contribution in [2.75, 3.05) is 14.2 Å². The molecule has 19 heavy (non-hydrogen) atoms. The number of hydrogen-bond donors (Lipinski definition) is 1. The van der Waals surface area contributed by atoms with Gasteiger partial charge in [-0.3, -0.25) is 0 Å². The maximum absolute atomic E-state index is 5.60. The van der Waals surface area contributed by atoms with Gasteiger partial charge in [-0.25, -0.2) is 9.97 Å². The first-order valence-electron chi connectivity index (χ1n) is 5.93. The van der Waals surface area contributed by atoms with Crippen molar-refractivity contribution in [1.29, 1.82) is 0 Å². The molecule has 2 aromatic rings. The number of ether oxygens (including phenoxy) is 2. The van der Waals surface area contributed by atoms with Gasteiger partial charge in [0, 0.05) is 12.1 Å². The molecular weight excluding hydrogens is 242 g/mol. The van der Waals surface area contributed by atoms with Crippen LogP contribution in [-0.2, 0) is 6.54 Å². The van der Waals surface area contributed by atoms with Crippen LogP contribution in [-0.4, -0.2) is 24.2 Å². The van der Waals surface area contributed by atoms with Gasteiger partial charge < -0.3 is 15.2 Å². The van der Waals surface area contributed by atoms with E-state index in [2.05, 4.69) is 9.97 Å². The number of benzene rings is 1. The predicted molar refractivity (Wildman–Crippen MR) is 73.2 cm³/mol. The van der Waals surface area contributed by atoms with Crippen LogP contribution in [0.15, 0.2) is 24.5 Å². The molecule has 1 heterocycles. The number of aryl methyl sites for hydroxylation is 1. The molecular formula is C14H17N3O2. The van der Waals surface area contributed by atoms with Gasteiger partial charge in [-0.05, 0) is 30.7 Å². The van der Waals surface area contributed by atoms with E-state index in [9.17, 15) is 0 Å². The Morgan fingerprint density at radius 3 is 2.42 bits per heavy atom. The minimum atomic E-state index is 0.376. The highest BCUT2D eigenvalue weighted by molar-refractivity contribution is 5.70. The van der Waals surface area contributed by atoms with Crippen molar-refractivity contribution in [3.8, 4) is 22.8 Å². The maximum atomic E-state index is 5.60. The Hall–Kier alpha value is -2.14. The lowest BCUT2D eigenvalue weighted by atomic mass is 10.1. The number of nitrogens with two attached hydrogens (primary N) is 1. The van der Waals surface area contributed by atoms with E-state index < -0.39 is 0 Å². The summed E-state index contributed by atoms with van der Waals surface area (Å²) in [5.41, 5.74) is 9.03. The fourth-order valence-electron chi connectivity index (χ4n) is 1.91. The molecule has 5 heteroatoms. The lowest BCUT2D eigenvalue weighted by molar-refractivity contribution is 0.401. The average molecular weight is 259 g/mol. The number of methoxy groups -OCH3 is 2. The fourth-order valence-corrected chi connectivity index (χ4v) is 1.91.